The molecule has 0 heterocycles. The van der Waals surface area contributed by atoms with Crippen molar-refractivity contribution in [2.75, 3.05) is 11.9 Å². The third kappa shape index (κ3) is 4.23. The fraction of sp³-hybridized carbons (Fsp3) is 0.235. The van der Waals surface area contributed by atoms with Crippen molar-refractivity contribution in [3.8, 4) is 0 Å². The van der Waals surface area contributed by atoms with Crippen molar-refractivity contribution in [3.63, 3.8) is 0 Å². The van der Waals surface area contributed by atoms with E-state index >= 15 is 0 Å². The van der Waals surface area contributed by atoms with Crippen LogP contribution in [0.4, 0.5) is 40.8 Å². The van der Waals surface area contributed by atoms with Crippen molar-refractivity contribution >= 4 is 50.1 Å². The maximum absolute atomic E-state index is 14.3. The number of anilines is 1. The molecule has 2 nitrogen and oxygen atoms in total. The molecule has 0 aromatic heterocycles. The summed E-state index contributed by atoms with van der Waals surface area (Å²) in [6, 6.07) is 5.50. The van der Waals surface area contributed by atoms with Gasteiger partial charge in [0, 0.05) is 20.7 Å². The second kappa shape index (κ2) is 8.00. The number of amides is 1. The van der Waals surface area contributed by atoms with Gasteiger partial charge in [0.25, 0.3) is 5.91 Å². The predicted molar refractivity (Wildman–Crippen MR) is 101 cm³/mol. The number of rotatable bonds is 3. The quantitative estimate of drug-likeness (QED) is 0.281. The lowest BCUT2D eigenvalue weighted by Crippen LogP contribution is -2.50. The number of carbonyl (C=O) groups is 1. The Balaban J connectivity index is 2.60. The molecular weight excluding hydrogens is 593 g/mol. The summed E-state index contributed by atoms with van der Waals surface area (Å²) in [5.41, 5.74) is -7.85. The molecule has 158 valence electrons. The Hall–Kier alpha value is -1.44. The first-order chi connectivity index (χ1) is 13.1. The van der Waals surface area contributed by atoms with E-state index in [1.165, 1.54) is 34.7 Å². The molecule has 0 saturated heterocycles. The Kier molecular flexibility index (Phi) is 6.58. The standard InChI is InChI=1S/C17H9BrF8INO/c1-28(14(29)9-4-2-3-5-11(9)19)13-10(18)6-8(7-12(13)27)15(20,16(21,22)23)17(24,25)26/h2-7H,1H3. The fourth-order valence-electron chi connectivity index (χ4n) is 2.49. The molecule has 0 unspecified atom stereocenters. The molecule has 0 saturated carbocycles. The monoisotopic (exact) mass is 601 g/mol. The summed E-state index contributed by atoms with van der Waals surface area (Å²) >= 11 is 4.16. The Morgan fingerprint density at radius 1 is 1.00 bits per heavy atom. The minimum absolute atomic E-state index is 0.158. The third-order valence-electron chi connectivity index (χ3n) is 3.94. The molecule has 0 aliphatic carbocycles. The second-order valence-electron chi connectivity index (χ2n) is 5.79. The van der Waals surface area contributed by atoms with Gasteiger partial charge in [-0.15, -0.1) is 0 Å². The van der Waals surface area contributed by atoms with Crippen LogP contribution in [-0.2, 0) is 5.67 Å². The Morgan fingerprint density at radius 2 is 1.52 bits per heavy atom. The summed E-state index contributed by atoms with van der Waals surface area (Å²) in [4.78, 5) is 13.3. The molecule has 29 heavy (non-hydrogen) atoms. The van der Waals surface area contributed by atoms with Gasteiger partial charge in [-0.3, -0.25) is 4.79 Å². The van der Waals surface area contributed by atoms with Crippen LogP contribution in [0.2, 0.25) is 0 Å². The van der Waals surface area contributed by atoms with Crippen LogP contribution in [0.1, 0.15) is 15.9 Å². The van der Waals surface area contributed by atoms with Gasteiger partial charge in [-0.2, -0.15) is 26.3 Å². The van der Waals surface area contributed by atoms with Crippen LogP contribution in [0.5, 0.6) is 0 Å². The zero-order valence-electron chi connectivity index (χ0n) is 14.1. The minimum Gasteiger partial charge on any atom is -0.309 e. The predicted octanol–water partition coefficient (Wildman–Crippen LogP) is 6.76. The van der Waals surface area contributed by atoms with Crippen LogP contribution < -0.4 is 4.90 Å². The summed E-state index contributed by atoms with van der Waals surface area (Å²) < 4.78 is 105. The Morgan fingerprint density at radius 3 is 1.97 bits per heavy atom. The van der Waals surface area contributed by atoms with Crippen LogP contribution >= 0.6 is 38.5 Å². The highest BCUT2D eigenvalue weighted by Crippen LogP contribution is 2.54. The fourth-order valence-corrected chi connectivity index (χ4v) is 4.57. The summed E-state index contributed by atoms with van der Waals surface area (Å²) in [6.07, 6.45) is -12.5. The van der Waals surface area contributed by atoms with E-state index in [1.807, 2.05) is 0 Å². The van der Waals surface area contributed by atoms with E-state index < -0.39 is 39.8 Å². The van der Waals surface area contributed by atoms with Crippen LogP contribution in [0.15, 0.2) is 40.9 Å². The van der Waals surface area contributed by atoms with Gasteiger partial charge in [0.1, 0.15) is 5.82 Å². The number of hydrogen-bond acceptors (Lipinski definition) is 1. The normalized spacial score (nSPS) is 12.8. The van der Waals surface area contributed by atoms with E-state index in [0.717, 1.165) is 24.1 Å². The highest BCUT2D eigenvalue weighted by molar-refractivity contribution is 14.1. The number of nitrogens with zero attached hydrogens (tertiary/aromatic N) is 1. The average Bonchev–Trinajstić information content (AvgIpc) is 2.58. The molecule has 12 heteroatoms. The van der Waals surface area contributed by atoms with Gasteiger partial charge in [0.2, 0.25) is 0 Å². The molecule has 2 rings (SSSR count). The van der Waals surface area contributed by atoms with E-state index in [1.54, 1.807) is 0 Å². The molecule has 0 aliphatic rings. The molecule has 0 spiro atoms. The molecule has 2 aromatic rings. The van der Waals surface area contributed by atoms with Gasteiger partial charge in [0.15, 0.2) is 0 Å². The van der Waals surface area contributed by atoms with Gasteiger partial charge in [0.05, 0.1) is 11.3 Å². The van der Waals surface area contributed by atoms with Crippen LogP contribution in [-0.4, -0.2) is 25.3 Å². The van der Waals surface area contributed by atoms with Crippen molar-refractivity contribution in [3.05, 3.63) is 61.4 Å². The molecule has 0 aliphatic heterocycles. The van der Waals surface area contributed by atoms with E-state index in [4.69, 9.17) is 0 Å². The molecule has 2 aromatic carbocycles. The SMILES string of the molecule is CN(C(=O)c1ccccc1F)c1c(Br)cc(C(F)(C(F)(F)F)C(F)(F)F)cc1I. The zero-order chi connectivity index (χ0) is 22.4. The maximum atomic E-state index is 14.3. The van der Waals surface area contributed by atoms with E-state index in [9.17, 15) is 39.9 Å². The summed E-state index contributed by atoms with van der Waals surface area (Å²) in [5, 5.41) is 0. The molecule has 0 atom stereocenters. The first kappa shape index (κ1) is 23.8. The van der Waals surface area contributed by atoms with E-state index in [0.29, 0.717) is 12.1 Å². The lowest BCUT2D eigenvalue weighted by atomic mass is 9.94. The van der Waals surface area contributed by atoms with Crippen LogP contribution in [0.25, 0.3) is 0 Å². The van der Waals surface area contributed by atoms with Gasteiger partial charge < -0.3 is 4.90 Å². The number of benzene rings is 2. The average molecular weight is 602 g/mol. The van der Waals surface area contributed by atoms with Gasteiger partial charge in [-0.1, -0.05) is 12.1 Å². The Bertz CT molecular complexity index is 907. The maximum Gasteiger partial charge on any atom is 0.435 e. The summed E-state index contributed by atoms with van der Waals surface area (Å²) in [5.74, 6) is -1.78. The molecule has 1 amide bonds. The smallest absolute Gasteiger partial charge is 0.309 e. The van der Waals surface area contributed by atoms with Crippen LogP contribution in [0, 0.1) is 9.39 Å². The summed E-state index contributed by atoms with van der Waals surface area (Å²) in [6.45, 7) is 0. The Labute approximate surface area is 181 Å². The lowest BCUT2D eigenvalue weighted by molar-refractivity contribution is -0.348. The second-order valence-corrected chi connectivity index (χ2v) is 7.80. The minimum atomic E-state index is -6.27. The zero-order valence-corrected chi connectivity index (χ0v) is 17.8. The molecular formula is C17H9BrF8INO. The van der Waals surface area contributed by atoms with Gasteiger partial charge >= 0.3 is 18.0 Å². The molecule has 0 fully saturated rings. The number of hydrogen-bond donors (Lipinski definition) is 0. The van der Waals surface area contributed by atoms with Crippen molar-refractivity contribution in [1.29, 1.82) is 0 Å². The van der Waals surface area contributed by atoms with Crippen molar-refractivity contribution in [2.45, 2.75) is 18.0 Å². The third-order valence-corrected chi connectivity index (χ3v) is 5.37. The molecule has 0 radical (unpaired) electrons. The summed E-state index contributed by atoms with van der Waals surface area (Å²) in [7, 11) is 1.15. The van der Waals surface area contributed by atoms with Crippen molar-refractivity contribution in [1.82, 2.24) is 0 Å². The van der Waals surface area contributed by atoms with E-state index in [-0.39, 0.29) is 14.8 Å². The first-order valence-corrected chi connectivity index (χ1v) is 9.34. The molecule has 0 N–H and O–H groups in total. The van der Waals surface area contributed by atoms with Crippen molar-refractivity contribution < 1.29 is 39.9 Å². The number of halogens is 10. The van der Waals surface area contributed by atoms with Crippen molar-refractivity contribution in [2.24, 2.45) is 0 Å². The van der Waals surface area contributed by atoms with E-state index in [2.05, 4.69) is 15.9 Å². The number of carbonyl (C=O) groups excluding carboxylic acids is 1. The largest absolute Gasteiger partial charge is 0.435 e. The van der Waals surface area contributed by atoms with Gasteiger partial charge in [-0.05, 0) is 62.8 Å². The highest BCUT2D eigenvalue weighted by atomic mass is 127. The first-order valence-electron chi connectivity index (χ1n) is 7.47. The van der Waals surface area contributed by atoms with Gasteiger partial charge in [-0.25, -0.2) is 8.78 Å². The topological polar surface area (TPSA) is 20.3 Å². The molecule has 0 bridgehead atoms. The van der Waals surface area contributed by atoms with Crippen LogP contribution in [0.3, 0.4) is 0 Å². The lowest BCUT2D eigenvalue weighted by Gasteiger charge is -2.31. The number of alkyl halides is 7. The highest BCUT2D eigenvalue weighted by Gasteiger charge is 2.73.